The maximum Gasteiger partial charge on any atom is 0.134 e. The van der Waals surface area contributed by atoms with Gasteiger partial charge >= 0.3 is 0 Å². The van der Waals surface area contributed by atoms with Crippen LogP contribution in [0.4, 0.5) is 0 Å². The molecular weight excluding hydrogens is 246 g/mol. The molecule has 3 heteroatoms. The van der Waals surface area contributed by atoms with E-state index in [4.69, 9.17) is 11.6 Å². The lowest BCUT2D eigenvalue weighted by Gasteiger charge is -2.16. The average molecular weight is 268 g/mol. The summed E-state index contributed by atoms with van der Waals surface area (Å²) in [5.74, 6) is 1.03. The Kier molecular flexibility index (Phi) is 4.90. The van der Waals surface area contributed by atoms with Crippen molar-refractivity contribution in [2.75, 3.05) is 0 Å². The summed E-state index contributed by atoms with van der Waals surface area (Å²) < 4.78 is 0. The highest BCUT2D eigenvalue weighted by molar-refractivity contribution is 6.32. The molecule has 0 bridgehead atoms. The largest absolute Gasteiger partial charge is 0.506 e. The minimum atomic E-state index is 0.156. The second kappa shape index (κ2) is 6.44. The monoisotopic (exact) mass is 267 g/mol. The third kappa shape index (κ3) is 3.89. The van der Waals surface area contributed by atoms with Crippen molar-refractivity contribution in [3.8, 4) is 5.75 Å². The maximum atomic E-state index is 9.37. The average Bonchev–Trinajstić information content (AvgIpc) is 2.56. The third-order valence-corrected chi connectivity index (χ3v) is 4.17. The topological polar surface area (TPSA) is 32.3 Å². The molecule has 1 aliphatic carbocycles. The molecule has 1 saturated carbocycles. The summed E-state index contributed by atoms with van der Waals surface area (Å²) in [4.78, 5) is 0. The van der Waals surface area contributed by atoms with Crippen LogP contribution in [0.5, 0.6) is 5.75 Å². The molecule has 0 heterocycles. The van der Waals surface area contributed by atoms with Crippen molar-refractivity contribution in [2.24, 2.45) is 5.92 Å². The lowest BCUT2D eigenvalue weighted by Crippen LogP contribution is -2.27. The summed E-state index contributed by atoms with van der Waals surface area (Å²) in [6.45, 7) is 3.18. The number of halogens is 1. The van der Waals surface area contributed by atoms with E-state index >= 15 is 0 Å². The van der Waals surface area contributed by atoms with Crippen LogP contribution in [0.3, 0.4) is 0 Å². The molecule has 18 heavy (non-hydrogen) atoms. The Hall–Kier alpha value is -0.730. The molecular formula is C15H22ClNO. The highest BCUT2D eigenvalue weighted by atomic mass is 35.5. The summed E-state index contributed by atoms with van der Waals surface area (Å²) in [6.07, 6.45) is 6.57. The molecule has 0 radical (unpaired) electrons. The second-order valence-corrected chi connectivity index (χ2v) is 5.88. The quantitative estimate of drug-likeness (QED) is 0.808. The van der Waals surface area contributed by atoms with E-state index in [2.05, 4.69) is 12.2 Å². The van der Waals surface area contributed by atoms with Gasteiger partial charge in [0, 0.05) is 12.6 Å². The zero-order valence-corrected chi connectivity index (χ0v) is 11.7. The van der Waals surface area contributed by atoms with Crippen LogP contribution in [0.2, 0.25) is 5.02 Å². The molecule has 2 rings (SSSR count). The maximum absolute atomic E-state index is 9.37. The fraction of sp³-hybridized carbons (Fsp3) is 0.600. The van der Waals surface area contributed by atoms with Gasteiger partial charge in [-0.1, -0.05) is 37.4 Å². The normalized spacial score (nSPS) is 24.8. The van der Waals surface area contributed by atoms with E-state index in [0.717, 1.165) is 18.0 Å². The lowest BCUT2D eigenvalue weighted by atomic mass is 10.0. The molecule has 100 valence electrons. The SMILES string of the molecule is CC1CCCC(NCc2ccc(O)c(Cl)c2)CC1. The molecule has 0 saturated heterocycles. The van der Waals surface area contributed by atoms with Crippen molar-refractivity contribution in [1.82, 2.24) is 5.32 Å². The number of phenolic OH excluding ortho intramolecular Hbond substituents is 1. The van der Waals surface area contributed by atoms with E-state index in [0.29, 0.717) is 11.1 Å². The standard InChI is InChI=1S/C15H22ClNO/c1-11-3-2-4-13(7-5-11)17-10-12-6-8-15(18)14(16)9-12/h6,8-9,11,13,17-18H,2-5,7,10H2,1H3. The smallest absolute Gasteiger partial charge is 0.134 e. The minimum absolute atomic E-state index is 0.156. The molecule has 1 aliphatic rings. The van der Waals surface area contributed by atoms with Gasteiger partial charge in [-0.3, -0.25) is 0 Å². The van der Waals surface area contributed by atoms with Crippen LogP contribution >= 0.6 is 11.6 Å². The first-order chi connectivity index (χ1) is 8.65. The van der Waals surface area contributed by atoms with Gasteiger partial charge < -0.3 is 10.4 Å². The van der Waals surface area contributed by atoms with Gasteiger partial charge in [0.05, 0.1) is 5.02 Å². The molecule has 2 nitrogen and oxygen atoms in total. The molecule has 0 spiro atoms. The Morgan fingerprint density at radius 3 is 2.89 bits per heavy atom. The first-order valence-electron chi connectivity index (χ1n) is 6.86. The van der Waals surface area contributed by atoms with Crippen LogP contribution in [-0.2, 0) is 6.54 Å². The van der Waals surface area contributed by atoms with Gasteiger partial charge in [-0.15, -0.1) is 0 Å². The molecule has 1 aromatic carbocycles. The van der Waals surface area contributed by atoms with Gasteiger partial charge in [0.15, 0.2) is 0 Å². The van der Waals surface area contributed by atoms with E-state index in [1.807, 2.05) is 12.1 Å². The molecule has 0 aromatic heterocycles. The van der Waals surface area contributed by atoms with Gasteiger partial charge in [0.25, 0.3) is 0 Å². The van der Waals surface area contributed by atoms with E-state index in [9.17, 15) is 5.11 Å². The number of hydrogen-bond donors (Lipinski definition) is 2. The summed E-state index contributed by atoms with van der Waals surface area (Å²) in [7, 11) is 0. The number of hydrogen-bond acceptors (Lipinski definition) is 2. The van der Waals surface area contributed by atoms with Gasteiger partial charge in [0.1, 0.15) is 5.75 Å². The lowest BCUT2D eigenvalue weighted by molar-refractivity contribution is 0.446. The van der Waals surface area contributed by atoms with Crippen molar-refractivity contribution in [1.29, 1.82) is 0 Å². The van der Waals surface area contributed by atoms with Crippen LogP contribution in [0, 0.1) is 5.92 Å². The number of phenols is 1. The Morgan fingerprint density at radius 1 is 1.28 bits per heavy atom. The predicted octanol–water partition coefficient (Wildman–Crippen LogP) is 4.10. The summed E-state index contributed by atoms with van der Waals surface area (Å²) in [5.41, 5.74) is 1.13. The van der Waals surface area contributed by atoms with Gasteiger partial charge in [-0.2, -0.15) is 0 Å². The zero-order chi connectivity index (χ0) is 13.0. The number of aromatic hydroxyl groups is 1. The van der Waals surface area contributed by atoms with E-state index < -0.39 is 0 Å². The van der Waals surface area contributed by atoms with Gasteiger partial charge in [-0.25, -0.2) is 0 Å². The van der Waals surface area contributed by atoms with Crippen molar-refractivity contribution in [3.63, 3.8) is 0 Å². The Morgan fingerprint density at radius 2 is 2.11 bits per heavy atom. The zero-order valence-electron chi connectivity index (χ0n) is 11.0. The number of rotatable bonds is 3. The van der Waals surface area contributed by atoms with Crippen molar-refractivity contribution < 1.29 is 5.11 Å². The molecule has 0 amide bonds. The summed E-state index contributed by atoms with van der Waals surface area (Å²) in [6, 6.07) is 6.05. The highest BCUT2D eigenvalue weighted by Gasteiger charge is 2.15. The Balaban J connectivity index is 1.85. The van der Waals surface area contributed by atoms with Crippen LogP contribution in [0.1, 0.15) is 44.6 Å². The highest BCUT2D eigenvalue weighted by Crippen LogP contribution is 2.25. The van der Waals surface area contributed by atoms with Gasteiger partial charge in [-0.05, 0) is 42.9 Å². The van der Waals surface area contributed by atoms with Gasteiger partial charge in [0.2, 0.25) is 0 Å². The Labute approximate surface area is 114 Å². The van der Waals surface area contributed by atoms with Crippen LogP contribution in [0.15, 0.2) is 18.2 Å². The van der Waals surface area contributed by atoms with Crippen LogP contribution < -0.4 is 5.32 Å². The molecule has 2 unspecified atom stereocenters. The number of benzene rings is 1. The predicted molar refractivity (Wildman–Crippen MR) is 76.0 cm³/mol. The van der Waals surface area contributed by atoms with E-state index in [1.165, 1.54) is 32.1 Å². The first kappa shape index (κ1) is 13.7. The Bertz CT molecular complexity index is 394. The van der Waals surface area contributed by atoms with Crippen LogP contribution in [0.25, 0.3) is 0 Å². The van der Waals surface area contributed by atoms with E-state index in [1.54, 1.807) is 6.07 Å². The fourth-order valence-corrected chi connectivity index (χ4v) is 2.82. The van der Waals surface area contributed by atoms with Crippen molar-refractivity contribution >= 4 is 11.6 Å². The second-order valence-electron chi connectivity index (χ2n) is 5.48. The first-order valence-corrected chi connectivity index (χ1v) is 7.23. The van der Waals surface area contributed by atoms with E-state index in [-0.39, 0.29) is 5.75 Å². The fourth-order valence-electron chi connectivity index (χ4n) is 2.61. The molecule has 0 aliphatic heterocycles. The molecule has 1 aromatic rings. The van der Waals surface area contributed by atoms with Crippen molar-refractivity contribution in [3.05, 3.63) is 28.8 Å². The molecule has 2 N–H and O–H groups in total. The molecule has 1 fully saturated rings. The molecule has 2 atom stereocenters. The third-order valence-electron chi connectivity index (χ3n) is 3.86. The van der Waals surface area contributed by atoms with Crippen LogP contribution in [-0.4, -0.2) is 11.1 Å². The summed E-state index contributed by atoms with van der Waals surface area (Å²) >= 11 is 5.90. The number of nitrogens with one attached hydrogen (secondary N) is 1. The van der Waals surface area contributed by atoms with Crippen molar-refractivity contribution in [2.45, 2.75) is 51.6 Å². The summed E-state index contributed by atoms with van der Waals surface area (Å²) in [5, 5.41) is 13.4. The minimum Gasteiger partial charge on any atom is -0.506 e.